The minimum absolute atomic E-state index is 0.00374. The van der Waals surface area contributed by atoms with Crippen LogP contribution >= 0.6 is 0 Å². The molecular weight excluding hydrogens is 565 g/mol. The second-order valence-electron chi connectivity index (χ2n) is 23.8. The first kappa shape index (κ1) is 41.6. The molecule has 268 valence electrons. The Kier molecular flexibility index (Phi) is 10.4. The summed E-state index contributed by atoms with van der Waals surface area (Å²) >= 11 is 0. The van der Waals surface area contributed by atoms with Gasteiger partial charge in [-0.1, -0.05) is 192 Å². The quantitative estimate of drug-likeness (QED) is 0.305. The molecule has 0 fully saturated rings. The summed E-state index contributed by atoms with van der Waals surface area (Å²) in [6.07, 6.45) is 0. The van der Waals surface area contributed by atoms with Gasteiger partial charge in [0, 0.05) is 5.41 Å². The first-order valence-corrected chi connectivity index (χ1v) is 18.7. The van der Waals surface area contributed by atoms with Crippen molar-refractivity contribution in [2.45, 2.75) is 229 Å². The van der Waals surface area contributed by atoms with Crippen LogP contribution in [0.15, 0.2) is 12.1 Å². The third-order valence-corrected chi connectivity index (χ3v) is 10.1. The highest BCUT2D eigenvalue weighted by atomic mass is 14.5. The van der Waals surface area contributed by atoms with Gasteiger partial charge in [-0.25, -0.2) is 0 Å². The second kappa shape index (κ2) is 11.8. The summed E-state index contributed by atoms with van der Waals surface area (Å²) < 4.78 is 0. The van der Waals surface area contributed by atoms with Crippen LogP contribution in [0.1, 0.15) is 236 Å². The maximum atomic E-state index is 2.68. The molecule has 0 saturated heterocycles. The van der Waals surface area contributed by atoms with E-state index >= 15 is 0 Å². The Morgan fingerprint density at radius 2 is 0.404 bits per heavy atom. The van der Waals surface area contributed by atoms with Gasteiger partial charge in [0.2, 0.25) is 0 Å². The van der Waals surface area contributed by atoms with E-state index in [1.165, 1.54) is 22.3 Å². The van der Waals surface area contributed by atoms with Crippen molar-refractivity contribution < 1.29 is 0 Å². The predicted molar refractivity (Wildman–Crippen MR) is 215 cm³/mol. The lowest BCUT2D eigenvalue weighted by Gasteiger charge is -2.48. The standard InChI is InChI=1S/C47H80/c1-39(2,3)29-27-31(41(7,8)9)36(38(46(22,23)24)34(29)43(13,14)15)47(25,26)32-28-30(40(4,5)6)33(42(10,11)12)37(45(19,20)21)35(32)44(16,17)18/h27-28H,1-26H3. The normalized spacial score (nSPS) is 15.0. The molecule has 0 aliphatic rings. The zero-order valence-corrected chi connectivity index (χ0v) is 36.7. The van der Waals surface area contributed by atoms with Crippen LogP contribution in [-0.2, 0) is 48.7 Å². The number of rotatable bonds is 2. The van der Waals surface area contributed by atoms with Gasteiger partial charge >= 0.3 is 0 Å². The molecule has 2 rings (SSSR count). The van der Waals surface area contributed by atoms with Crippen LogP contribution in [0.2, 0.25) is 0 Å². The molecule has 2 aromatic rings. The SMILES string of the molecule is CC(C)(C)c1cc(C(C)(C)c2c(C(C)(C)C)cc(C(C)(C)C)c(C(C)(C)C)c2C(C)(C)C)c(C(C)(C)C)c(C(C)(C)C)c1C(C)(C)C. The highest BCUT2D eigenvalue weighted by molar-refractivity contribution is 5.65. The monoisotopic (exact) mass is 645 g/mol. The van der Waals surface area contributed by atoms with Gasteiger partial charge in [-0.3, -0.25) is 0 Å². The van der Waals surface area contributed by atoms with Crippen LogP contribution < -0.4 is 0 Å². The van der Waals surface area contributed by atoms with E-state index in [2.05, 4.69) is 192 Å². The van der Waals surface area contributed by atoms with Crippen molar-refractivity contribution in [3.8, 4) is 0 Å². The number of hydrogen-bond acceptors (Lipinski definition) is 0. The third kappa shape index (κ3) is 8.26. The van der Waals surface area contributed by atoms with Crippen LogP contribution in [0.4, 0.5) is 0 Å². The molecule has 0 spiro atoms. The van der Waals surface area contributed by atoms with E-state index in [0.717, 1.165) is 0 Å². The summed E-state index contributed by atoms with van der Waals surface area (Å²) in [6, 6.07) is 5.33. The molecule has 0 amide bonds. The van der Waals surface area contributed by atoms with E-state index in [-0.39, 0.29) is 48.7 Å². The minimum atomic E-state index is -0.263. The molecule has 0 saturated carbocycles. The topological polar surface area (TPSA) is 0 Å². The smallest absolute Gasteiger partial charge is 0.0155 e. The van der Waals surface area contributed by atoms with Gasteiger partial charge in [0.15, 0.2) is 0 Å². The van der Waals surface area contributed by atoms with Crippen molar-refractivity contribution in [3.63, 3.8) is 0 Å². The zero-order valence-electron chi connectivity index (χ0n) is 36.7. The molecule has 0 heterocycles. The first-order chi connectivity index (χ1) is 20.2. The number of benzene rings is 2. The molecule has 0 aromatic heterocycles. The van der Waals surface area contributed by atoms with Gasteiger partial charge in [0.1, 0.15) is 0 Å². The van der Waals surface area contributed by atoms with Crippen LogP contribution in [-0.4, -0.2) is 0 Å². The fourth-order valence-electron chi connectivity index (χ4n) is 8.25. The maximum absolute atomic E-state index is 2.68. The molecule has 0 atom stereocenters. The van der Waals surface area contributed by atoms with Gasteiger partial charge < -0.3 is 0 Å². The van der Waals surface area contributed by atoms with Crippen molar-refractivity contribution in [3.05, 3.63) is 67.8 Å². The maximum Gasteiger partial charge on any atom is 0.0155 e. The Morgan fingerprint density at radius 1 is 0.213 bits per heavy atom. The van der Waals surface area contributed by atoms with Crippen molar-refractivity contribution in [1.29, 1.82) is 0 Å². The Hall–Kier alpha value is -1.56. The summed E-state index contributed by atoms with van der Waals surface area (Å²) in [7, 11) is 0. The summed E-state index contributed by atoms with van der Waals surface area (Å²) in [5.74, 6) is 0. The molecule has 0 N–H and O–H groups in total. The molecule has 0 radical (unpaired) electrons. The summed E-state index contributed by atoms with van der Waals surface area (Å²) in [4.78, 5) is 0. The van der Waals surface area contributed by atoms with E-state index in [4.69, 9.17) is 0 Å². The van der Waals surface area contributed by atoms with Crippen LogP contribution in [0.5, 0.6) is 0 Å². The highest BCUT2D eigenvalue weighted by Gasteiger charge is 2.46. The van der Waals surface area contributed by atoms with Crippen LogP contribution in [0.25, 0.3) is 0 Å². The zero-order chi connectivity index (χ0) is 37.7. The van der Waals surface area contributed by atoms with Crippen molar-refractivity contribution in [2.24, 2.45) is 0 Å². The summed E-state index contributed by atoms with van der Waals surface area (Å²) in [5.41, 5.74) is 14.9. The second-order valence-corrected chi connectivity index (χ2v) is 23.8. The van der Waals surface area contributed by atoms with E-state index in [9.17, 15) is 0 Å². The van der Waals surface area contributed by atoms with E-state index in [1.54, 1.807) is 33.4 Å². The molecule has 0 nitrogen and oxygen atoms in total. The third-order valence-electron chi connectivity index (χ3n) is 10.1. The Balaban J connectivity index is 3.70. The molecular formula is C47H80. The molecule has 0 aliphatic carbocycles. The summed E-state index contributed by atoms with van der Waals surface area (Å²) in [5, 5.41) is 0. The first-order valence-electron chi connectivity index (χ1n) is 18.7. The lowest BCUT2D eigenvalue weighted by molar-refractivity contribution is 0.450. The average molecular weight is 645 g/mol. The molecule has 0 aliphatic heterocycles. The van der Waals surface area contributed by atoms with Gasteiger partial charge in [-0.15, -0.1) is 0 Å². The molecule has 0 heteroatoms. The molecule has 47 heavy (non-hydrogen) atoms. The van der Waals surface area contributed by atoms with E-state index in [1.807, 2.05) is 0 Å². The fraction of sp³-hybridized carbons (Fsp3) is 0.745. The van der Waals surface area contributed by atoms with Gasteiger partial charge in [0.05, 0.1) is 0 Å². The van der Waals surface area contributed by atoms with Crippen molar-refractivity contribution in [2.75, 3.05) is 0 Å². The fourth-order valence-corrected chi connectivity index (χ4v) is 8.25. The number of hydrogen-bond donors (Lipinski definition) is 0. The van der Waals surface area contributed by atoms with E-state index in [0.29, 0.717) is 0 Å². The largest absolute Gasteiger partial charge is 0.0561 e. The molecule has 2 aromatic carbocycles. The van der Waals surface area contributed by atoms with Crippen molar-refractivity contribution >= 4 is 0 Å². The minimum Gasteiger partial charge on any atom is -0.0561 e. The molecule has 0 unspecified atom stereocenters. The van der Waals surface area contributed by atoms with Gasteiger partial charge in [-0.2, -0.15) is 0 Å². The lowest BCUT2D eigenvalue weighted by Crippen LogP contribution is -2.39. The van der Waals surface area contributed by atoms with Crippen LogP contribution in [0.3, 0.4) is 0 Å². The Morgan fingerprint density at radius 3 is 0.638 bits per heavy atom. The van der Waals surface area contributed by atoms with E-state index < -0.39 is 0 Å². The van der Waals surface area contributed by atoms with Gasteiger partial charge in [0.25, 0.3) is 0 Å². The summed E-state index contributed by atoms with van der Waals surface area (Å²) in [6.45, 7) is 63.7. The Bertz CT molecular complexity index is 1460. The lowest BCUT2D eigenvalue weighted by atomic mass is 9.56. The van der Waals surface area contributed by atoms with Crippen molar-refractivity contribution in [1.82, 2.24) is 0 Å². The highest BCUT2D eigenvalue weighted by Crippen LogP contribution is 2.55. The van der Waals surface area contributed by atoms with Crippen LogP contribution in [0, 0.1) is 0 Å². The predicted octanol–water partition coefficient (Wildman–Crippen LogP) is 14.4. The molecule has 0 bridgehead atoms. The average Bonchev–Trinajstić information content (AvgIpc) is 2.76. The van der Waals surface area contributed by atoms with Gasteiger partial charge in [-0.05, 0) is 99.0 Å². The Labute approximate surface area is 295 Å².